The van der Waals surface area contributed by atoms with E-state index in [4.69, 9.17) is 5.11 Å². The molecule has 0 bridgehead atoms. The lowest BCUT2D eigenvalue weighted by Crippen LogP contribution is -2.47. The second-order valence-corrected chi connectivity index (χ2v) is 7.26. The third-order valence-corrected chi connectivity index (χ3v) is 4.47. The van der Waals surface area contributed by atoms with Crippen LogP contribution >= 0.6 is 11.8 Å². The molecule has 0 spiro atoms. The summed E-state index contributed by atoms with van der Waals surface area (Å²) in [6.45, 7) is 5.23. The summed E-state index contributed by atoms with van der Waals surface area (Å²) in [4.78, 5) is 24.7. The predicted molar refractivity (Wildman–Crippen MR) is 80.5 cm³/mol. The zero-order valence-electron chi connectivity index (χ0n) is 11.9. The largest absolute Gasteiger partial charge is 0.478 e. The molecule has 0 unspecified atom stereocenters. The normalized spacial score (nSPS) is 17.4. The van der Waals surface area contributed by atoms with Gasteiger partial charge in [0.1, 0.15) is 5.82 Å². The van der Waals surface area contributed by atoms with Crippen LogP contribution in [0.25, 0.3) is 0 Å². The van der Waals surface area contributed by atoms with Gasteiger partial charge in [-0.15, -0.1) is 0 Å². The number of nitrogens with one attached hydrogen (secondary N) is 1. The SMILES string of the molecule is CC1(C)CN(C(=O)Nc2cc(C(=O)O)ccc2F)CCS1. The van der Waals surface area contributed by atoms with Crippen LogP contribution in [0, 0.1) is 5.82 Å². The van der Waals surface area contributed by atoms with Gasteiger partial charge in [-0.05, 0) is 32.0 Å². The maximum absolute atomic E-state index is 13.7. The minimum Gasteiger partial charge on any atom is -0.478 e. The van der Waals surface area contributed by atoms with Crippen molar-refractivity contribution in [3.05, 3.63) is 29.6 Å². The maximum atomic E-state index is 13.7. The van der Waals surface area contributed by atoms with Gasteiger partial charge in [0.2, 0.25) is 0 Å². The van der Waals surface area contributed by atoms with E-state index in [0.717, 1.165) is 24.0 Å². The summed E-state index contributed by atoms with van der Waals surface area (Å²) in [5.41, 5.74) is -0.183. The van der Waals surface area contributed by atoms with Crippen LogP contribution in [0.15, 0.2) is 18.2 Å². The fourth-order valence-corrected chi connectivity index (χ4v) is 3.25. The summed E-state index contributed by atoms with van der Waals surface area (Å²) in [7, 11) is 0. The van der Waals surface area contributed by atoms with Crippen molar-refractivity contribution < 1.29 is 19.1 Å². The number of hydrogen-bond acceptors (Lipinski definition) is 3. The zero-order valence-corrected chi connectivity index (χ0v) is 12.7. The Balaban J connectivity index is 2.12. The molecule has 21 heavy (non-hydrogen) atoms. The number of urea groups is 1. The van der Waals surface area contributed by atoms with E-state index in [2.05, 4.69) is 5.32 Å². The monoisotopic (exact) mass is 312 g/mol. The number of hydrogen-bond donors (Lipinski definition) is 2. The smallest absolute Gasteiger partial charge is 0.335 e. The molecule has 2 N–H and O–H groups in total. The van der Waals surface area contributed by atoms with Gasteiger partial charge in [0, 0.05) is 23.6 Å². The molecule has 1 aliphatic heterocycles. The van der Waals surface area contributed by atoms with Gasteiger partial charge in [0.15, 0.2) is 0 Å². The molecule has 0 atom stereocenters. The standard InChI is InChI=1S/C14H17FN2O3S/c1-14(2)8-17(5-6-21-14)13(20)16-11-7-9(12(18)19)3-4-10(11)15/h3-4,7H,5-6,8H2,1-2H3,(H,16,20)(H,18,19). The average molecular weight is 312 g/mol. The van der Waals surface area contributed by atoms with Crippen molar-refractivity contribution in [2.75, 3.05) is 24.2 Å². The highest BCUT2D eigenvalue weighted by Gasteiger charge is 2.30. The van der Waals surface area contributed by atoms with Gasteiger partial charge in [-0.25, -0.2) is 14.0 Å². The third kappa shape index (κ3) is 3.87. The van der Waals surface area contributed by atoms with Crippen molar-refractivity contribution in [1.29, 1.82) is 0 Å². The number of carboxylic acid groups (broad SMARTS) is 1. The fourth-order valence-electron chi connectivity index (χ4n) is 2.14. The lowest BCUT2D eigenvalue weighted by atomic mass is 10.2. The van der Waals surface area contributed by atoms with Gasteiger partial charge in [0.25, 0.3) is 0 Å². The minimum absolute atomic E-state index is 0.0446. The summed E-state index contributed by atoms with van der Waals surface area (Å²) < 4.78 is 13.6. The van der Waals surface area contributed by atoms with Crippen LogP contribution < -0.4 is 5.32 Å². The molecule has 1 fully saturated rings. The molecule has 0 radical (unpaired) electrons. The number of rotatable bonds is 2. The molecule has 1 saturated heterocycles. The lowest BCUT2D eigenvalue weighted by Gasteiger charge is -2.37. The summed E-state index contributed by atoms with van der Waals surface area (Å²) in [5.74, 6) is -1.00. The Labute approximate surface area is 126 Å². The molecule has 0 saturated carbocycles. The molecule has 1 aromatic carbocycles. The molecular weight excluding hydrogens is 295 g/mol. The molecule has 0 aromatic heterocycles. The molecule has 2 rings (SSSR count). The van der Waals surface area contributed by atoms with Crippen LogP contribution in [0.1, 0.15) is 24.2 Å². The Hall–Kier alpha value is -1.76. The highest BCUT2D eigenvalue weighted by atomic mass is 32.2. The van der Waals surface area contributed by atoms with Crippen molar-refractivity contribution in [3.8, 4) is 0 Å². The third-order valence-electron chi connectivity index (χ3n) is 3.17. The quantitative estimate of drug-likeness (QED) is 0.881. The van der Waals surface area contributed by atoms with E-state index in [1.807, 2.05) is 13.8 Å². The van der Waals surface area contributed by atoms with Crippen molar-refractivity contribution in [2.45, 2.75) is 18.6 Å². The Morgan fingerprint density at radius 2 is 2.14 bits per heavy atom. The van der Waals surface area contributed by atoms with Gasteiger partial charge in [-0.3, -0.25) is 0 Å². The zero-order chi connectivity index (χ0) is 15.6. The first-order chi connectivity index (χ1) is 9.78. The maximum Gasteiger partial charge on any atom is 0.335 e. The summed E-state index contributed by atoms with van der Waals surface area (Å²) in [6, 6.07) is 2.91. The van der Waals surface area contributed by atoms with Gasteiger partial charge in [0.05, 0.1) is 11.3 Å². The Kier molecular flexibility index (Phi) is 4.41. The Bertz CT molecular complexity index is 577. The number of anilines is 1. The minimum atomic E-state index is -1.17. The molecule has 2 amide bonds. The molecule has 1 aromatic rings. The topological polar surface area (TPSA) is 69.6 Å². The number of carbonyl (C=O) groups is 2. The molecule has 1 heterocycles. The second-order valence-electron chi connectivity index (χ2n) is 5.46. The fraction of sp³-hybridized carbons (Fsp3) is 0.429. The molecule has 5 nitrogen and oxygen atoms in total. The van der Waals surface area contributed by atoms with Gasteiger partial charge in [-0.2, -0.15) is 11.8 Å². The molecule has 7 heteroatoms. The van der Waals surface area contributed by atoms with E-state index in [9.17, 15) is 14.0 Å². The van der Waals surface area contributed by atoms with Crippen LogP contribution in [-0.2, 0) is 0 Å². The number of amides is 2. The van der Waals surface area contributed by atoms with Crippen LogP contribution in [0.3, 0.4) is 0 Å². The lowest BCUT2D eigenvalue weighted by molar-refractivity contribution is 0.0697. The molecular formula is C14H17FN2O3S. The van der Waals surface area contributed by atoms with E-state index >= 15 is 0 Å². The molecule has 0 aliphatic carbocycles. The number of carbonyl (C=O) groups excluding carboxylic acids is 1. The van der Waals surface area contributed by atoms with Crippen LogP contribution in [0.5, 0.6) is 0 Å². The second kappa shape index (κ2) is 5.93. The predicted octanol–water partition coefficient (Wildman–Crippen LogP) is 2.88. The summed E-state index contributed by atoms with van der Waals surface area (Å²) >= 11 is 1.78. The highest BCUT2D eigenvalue weighted by Crippen LogP contribution is 2.29. The summed E-state index contributed by atoms with van der Waals surface area (Å²) in [6.07, 6.45) is 0. The number of nitrogens with zero attached hydrogens (tertiary/aromatic N) is 1. The summed E-state index contributed by atoms with van der Waals surface area (Å²) in [5, 5.41) is 11.4. The highest BCUT2D eigenvalue weighted by molar-refractivity contribution is 8.00. The number of benzene rings is 1. The van der Waals surface area contributed by atoms with Crippen molar-refractivity contribution in [3.63, 3.8) is 0 Å². The first-order valence-electron chi connectivity index (χ1n) is 6.51. The first kappa shape index (κ1) is 15.6. The molecule has 1 aliphatic rings. The Morgan fingerprint density at radius 3 is 2.76 bits per heavy atom. The average Bonchev–Trinajstić information content (AvgIpc) is 2.39. The van der Waals surface area contributed by atoms with Gasteiger partial charge in [-0.1, -0.05) is 0 Å². The van der Waals surface area contributed by atoms with Gasteiger partial charge < -0.3 is 15.3 Å². The van der Waals surface area contributed by atoms with Crippen LogP contribution in [0.2, 0.25) is 0 Å². The van der Waals surface area contributed by atoms with E-state index in [-0.39, 0.29) is 16.0 Å². The van der Waals surface area contributed by atoms with Crippen molar-refractivity contribution >= 4 is 29.4 Å². The number of aromatic carboxylic acids is 1. The molecule has 114 valence electrons. The number of carboxylic acids is 1. The van der Waals surface area contributed by atoms with Crippen molar-refractivity contribution in [1.82, 2.24) is 4.90 Å². The van der Waals surface area contributed by atoms with Crippen molar-refractivity contribution in [2.24, 2.45) is 0 Å². The van der Waals surface area contributed by atoms with Gasteiger partial charge >= 0.3 is 12.0 Å². The number of halogens is 1. The van der Waals surface area contributed by atoms with E-state index < -0.39 is 17.8 Å². The van der Waals surface area contributed by atoms with E-state index in [0.29, 0.717) is 13.1 Å². The van der Waals surface area contributed by atoms with Crippen LogP contribution in [-0.4, -0.2) is 45.6 Å². The first-order valence-corrected chi connectivity index (χ1v) is 7.50. The number of thioether (sulfide) groups is 1. The Morgan fingerprint density at radius 1 is 1.43 bits per heavy atom. The van der Waals surface area contributed by atoms with E-state index in [1.165, 1.54) is 0 Å². The van der Waals surface area contributed by atoms with Crippen LogP contribution in [0.4, 0.5) is 14.9 Å². The van der Waals surface area contributed by atoms with E-state index in [1.54, 1.807) is 16.7 Å².